The Morgan fingerprint density at radius 1 is 1.12 bits per heavy atom. The largest absolute Gasteiger partial charge is 0.464 e. The average molecular weight is 337 g/mol. The molecule has 1 fully saturated rings. The summed E-state index contributed by atoms with van der Waals surface area (Å²) in [5, 5.41) is 13.5. The summed E-state index contributed by atoms with van der Waals surface area (Å²) in [7, 11) is 0. The van der Waals surface area contributed by atoms with E-state index in [9.17, 15) is 0 Å². The van der Waals surface area contributed by atoms with Crippen LogP contribution >= 0.6 is 0 Å². The van der Waals surface area contributed by atoms with Crippen molar-refractivity contribution in [2.45, 2.75) is 38.4 Å². The SMILES string of the molecule is c1ccc2c(CN3CCC(c4nnc5n4CCNC5)CC3)coc2c1. The van der Waals surface area contributed by atoms with E-state index in [-0.39, 0.29) is 0 Å². The van der Waals surface area contributed by atoms with Crippen molar-refractivity contribution < 1.29 is 4.42 Å². The molecule has 2 aliphatic heterocycles. The van der Waals surface area contributed by atoms with Gasteiger partial charge in [-0.1, -0.05) is 18.2 Å². The van der Waals surface area contributed by atoms with Gasteiger partial charge in [-0.25, -0.2) is 0 Å². The van der Waals surface area contributed by atoms with Gasteiger partial charge < -0.3 is 14.3 Å². The van der Waals surface area contributed by atoms with E-state index in [1.54, 1.807) is 0 Å². The Bertz CT molecular complexity index is 875. The zero-order valence-corrected chi connectivity index (χ0v) is 14.3. The molecular formula is C19H23N5O. The molecule has 6 nitrogen and oxygen atoms in total. The molecule has 6 heteroatoms. The number of benzene rings is 1. The minimum absolute atomic E-state index is 0.539. The number of likely N-dealkylation sites (tertiary alicyclic amines) is 1. The summed E-state index contributed by atoms with van der Waals surface area (Å²) < 4.78 is 8.01. The first-order valence-corrected chi connectivity index (χ1v) is 9.18. The molecular weight excluding hydrogens is 314 g/mol. The van der Waals surface area contributed by atoms with Gasteiger partial charge in [-0.15, -0.1) is 10.2 Å². The molecule has 2 aliphatic rings. The molecule has 0 saturated carbocycles. The van der Waals surface area contributed by atoms with Crippen LogP contribution < -0.4 is 5.32 Å². The standard InChI is InChI=1S/C19H23N5O/c1-2-4-17-16(3-1)15(13-25-17)12-23-8-5-14(6-9-23)19-22-21-18-11-20-7-10-24(18)19/h1-4,13-14,20H,5-12H2. The van der Waals surface area contributed by atoms with E-state index >= 15 is 0 Å². The Morgan fingerprint density at radius 3 is 2.92 bits per heavy atom. The molecule has 2 aromatic heterocycles. The zero-order chi connectivity index (χ0) is 16.6. The first-order valence-electron chi connectivity index (χ1n) is 9.18. The van der Waals surface area contributed by atoms with Crippen LogP contribution in [-0.4, -0.2) is 39.3 Å². The van der Waals surface area contributed by atoms with Crippen molar-refractivity contribution in [1.82, 2.24) is 25.0 Å². The Kier molecular flexibility index (Phi) is 3.79. The molecule has 1 N–H and O–H groups in total. The summed E-state index contributed by atoms with van der Waals surface area (Å²) in [5.74, 6) is 2.83. The normalized spacial score (nSPS) is 19.4. The fourth-order valence-corrected chi connectivity index (χ4v) is 4.16. The minimum atomic E-state index is 0.539. The van der Waals surface area contributed by atoms with Crippen molar-refractivity contribution in [2.75, 3.05) is 19.6 Å². The van der Waals surface area contributed by atoms with Gasteiger partial charge in [-0.2, -0.15) is 0 Å². The van der Waals surface area contributed by atoms with Gasteiger partial charge >= 0.3 is 0 Å². The number of furan rings is 1. The van der Waals surface area contributed by atoms with Gasteiger partial charge in [0.25, 0.3) is 0 Å². The maximum atomic E-state index is 5.68. The van der Waals surface area contributed by atoms with Gasteiger partial charge in [0.2, 0.25) is 0 Å². The van der Waals surface area contributed by atoms with E-state index in [2.05, 4.69) is 37.1 Å². The Morgan fingerprint density at radius 2 is 2.00 bits per heavy atom. The van der Waals surface area contributed by atoms with E-state index < -0.39 is 0 Å². The molecule has 0 aliphatic carbocycles. The number of hydrogen-bond donors (Lipinski definition) is 1. The highest BCUT2D eigenvalue weighted by Crippen LogP contribution is 2.30. The number of nitrogens with one attached hydrogen (secondary N) is 1. The lowest BCUT2D eigenvalue weighted by molar-refractivity contribution is 0.199. The molecule has 25 heavy (non-hydrogen) atoms. The number of piperidine rings is 1. The van der Waals surface area contributed by atoms with Crippen LogP contribution in [0.1, 0.15) is 36.0 Å². The van der Waals surface area contributed by atoms with Gasteiger partial charge in [-0.3, -0.25) is 4.90 Å². The van der Waals surface area contributed by atoms with Gasteiger partial charge in [0.05, 0.1) is 12.8 Å². The summed E-state index contributed by atoms with van der Waals surface area (Å²) in [4.78, 5) is 2.53. The van der Waals surface area contributed by atoms with Crippen molar-refractivity contribution >= 4 is 11.0 Å². The molecule has 0 bridgehead atoms. The zero-order valence-electron chi connectivity index (χ0n) is 14.3. The summed E-state index contributed by atoms with van der Waals surface area (Å²) in [6, 6.07) is 8.29. The van der Waals surface area contributed by atoms with Crippen LogP contribution in [0.2, 0.25) is 0 Å². The molecule has 0 amide bonds. The van der Waals surface area contributed by atoms with Crippen molar-refractivity contribution in [2.24, 2.45) is 0 Å². The van der Waals surface area contributed by atoms with E-state index in [0.717, 1.165) is 63.5 Å². The third kappa shape index (κ3) is 2.75. The fourth-order valence-electron chi connectivity index (χ4n) is 4.16. The lowest BCUT2D eigenvalue weighted by Crippen LogP contribution is -2.34. The van der Waals surface area contributed by atoms with E-state index in [0.29, 0.717) is 5.92 Å². The van der Waals surface area contributed by atoms with Gasteiger partial charge in [0, 0.05) is 36.5 Å². The van der Waals surface area contributed by atoms with E-state index in [1.165, 1.54) is 16.8 Å². The lowest BCUT2D eigenvalue weighted by Gasteiger charge is -2.31. The quantitative estimate of drug-likeness (QED) is 0.796. The number of nitrogens with zero attached hydrogens (tertiary/aromatic N) is 4. The molecule has 0 atom stereocenters. The molecule has 4 heterocycles. The number of rotatable bonds is 3. The van der Waals surface area contributed by atoms with E-state index in [4.69, 9.17) is 4.42 Å². The third-order valence-electron chi connectivity index (χ3n) is 5.56. The second kappa shape index (κ2) is 6.28. The van der Waals surface area contributed by atoms with Crippen molar-refractivity contribution in [3.63, 3.8) is 0 Å². The van der Waals surface area contributed by atoms with Crippen LogP contribution in [-0.2, 0) is 19.6 Å². The summed E-state index contributed by atoms with van der Waals surface area (Å²) >= 11 is 0. The highest BCUT2D eigenvalue weighted by atomic mass is 16.3. The van der Waals surface area contributed by atoms with Crippen molar-refractivity contribution in [3.05, 3.63) is 47.7 Å². The smallest absolute Gasteiger partial charge is 0.147 e. The molecule has 130 valence electrons. The van der Waals surface area contributed by atoms with Crippen LogP contribution in [0.4, 0.5) is 0 Å². The third-order valence-corrected chi connectivity index (χ3v) is 5.56. The van der Waals surface area contributed by atoms with Crippen LogP contribution in [0, 0.1) is 0 Å². The number of para-hydroxylation sites is 1. The van der Waals surface area contributed by atoms with E-state index in [1.807, 2.05) is 18.4 Å². The summed E-state index contributed by atoms with van der Waals surface area (Å²) in [5.41, 5.74) is 2.27. The predicted octanol–water partition coefficient (Wildman–Crippen LogP) is 2.51. The highest BCUT2D eigenvalue weighted by molar-refractivity contribution is 5.80. The second-order valence-corrected chi connectivity index (χ2v) is 7.11. The molecule has 3 aromatic rings. The molecule has 0 radical (unpaired) electrons. The maximum Gasteiger partial charge on any atom is 0.147 e. The monoisotopic (exact) mass is 337 g/mol. The van der Waals surface area contributed by atoms with Crippen molar-refractivity contribution in [3.8, 4) is 0 Å². The number of hydrogen-bond acceptors (Lipinski definition) is 5. The number of fused-ring (bicyclic) bond motifs is 2. The minimum Gasteiger partial charge on any atom is -0.464 e. The van der Waals surface area contributed by atoms with Crippen molar-refractivity contribution in [1.29, 1.82) is 0 Å². The van der Waals surface area contributed by atoms with Crippen LogP contribution in [0.3, 0.4) is 0 Å². The van der Waals surface area contributed by atoms with Gasteiger partial charge in [0.15, 0.2) is 0 Å². The first kappa shape index (κ1) is 15.1. The first-order chi connectivity index (χ1) is 12.4. The topological polar surface area (TPSA) is 59.1 Å². The van der Waals surface area contributed by atoms with Crippen LogP contribution in [0.25, 0.3) is 11.0 Å². The Labute approximate surface area is 146 Å². The molecule has 1 saturated heterocycles. The summed E-state index contributed by atoms with van der Waals surface area (Å²) in [6.07, 6.45) is 4.22. The second-order valence-electron chi connectivity index (χ2n) is 7.11. The Balaban J connectivity index is 1.26. The van der Waals surface area contributed by atoms with Gasteiger partial charge in [-0.05, 0) is 32.0 Å². The predicted molar refractivity (Wildman–Crippen MR) is 95.2 cm³/mol. The Hall–Kier alpha value is -2.18. The molecule has 0 unspecified atom stereocenters. The average Bonchev–Trinajstić information content (AvgIpc) is 3.27. The summed E-state index contributed by atoms with van der Waals surface area (Å²) in [6.45, 7) is 6.03. The van der Waals surface area contributed by atoms with Gasteiger partial charge in [0.1, 0.15) is 17.2 Å². The maximum absolute atomic E-state index is 5.68. The number of aromatic nitrogens is 3. The van der Waals surface area contributed by atoms with Crippen LogP contribution in [0.5, 0.6) is 0 Å². The highest BCUT2D eigenvalue weighted by Gasteiger charge is 2.27. The lowest BCUT2D eigenvalue weighted by atomic mass is 9.95. The molecule has 0 spiro atoms. The molecule has 1 aromatic carbocycles. The molecule has 5 rings (SSSR count). The fraction of sp³-hybridized carbons (Fsp3) is 0.474. The van der Waals surface area contributed by atoms with Crippen LogP contribution in [0.15, 0.2) is 34.9 Å².